The van der Waals surface area contributed by atoms with Gasteiger partial charge >= 0.3 is 0 Å². The third-order valence-corrected chi connectivity index (χ3v) is 5.19. The van der Waals surface area contributed by atoms with Gasteiger partial charge in [0.05, 0.1) is 5.75 Å². The van der Waals surface area contributed by atoms with Crippen molar-refractivity contribution in [1.29, 1.82) is 0 Å². The highest BCUT2D eigenvalue weighted by Crippen LogP contribution is 2.14. The molecule has 0 aromatic heterocycles. The molecule has 1 aromatic carbocycles. The van der Waals surface area contributed by atoms with E-state index in [9.17, 15) is 8.42 Å². The number of benzene rings is 1. The fourth-order valence-electron chi connectivity index (χ4n) is 2.82. The zero-order valence-corrected chi connectivity index (χ0v) is 16.0. The molecule has 0 saturated carbocycles. The van der Waals surface area contributed by atoms with E-state index in [0.717, 1.165) is 12.0 Å². The number of unbranched alkanes of at least 4 members (excludes halogenated alkanes) is 9. The summed E-state index contributed by atoms with van der Waals surface area (Å²) in [5.41, 5.74) is 2.03. The van der Waals surface area contributed by atoms with Gasteiger partial charge in [-0.15, -0.1) is 0 Å². The van der Waals surface area contributed by atoms with Gasteiger partial charge in [-0.3, -0.25) is 0 Å². The van der Waals surface area contributed by atoms with Crippen LogP contribution in [0.15, 0.2) is 24.3 Å². The van der Waals surface area contributed by atoms with Crippen LogP contribution in [0.2, 0.25) is 0 Å². The Balaban J connectivity index is 2.05. The Morgan fingerprint density at radius 1 is 0.739 bits per heavy atom. The van der Waals surface area contributed by atoms with Gasteiger partial charge in [-0.1, -0.05) is 89.0 Å². The van der Waals surface area contributed by atoms with Gasteiger partial charge in [-0.05, 0) is 24.0 Å². The van der Waals surface area contributed by atoms with Gasteiger partial charge in [-0.25, -0.2) is 8.42 Å². The van der Waals surface area contributed by atoms with Crippen LogP contribution in [0.3, 0.4) is 0 Å². The van der Waals surface area contributed by atoms with Gasteiger partial charge in [0.2, 0.25) is 9.05 Å². The second-order valence-corrected chi connectivity index (χ2v) is 9.21. The highest BCUT2D eigenvalue weighted by atomic mass is 35.7. The molecule has 0 amide bonds. The third-order valence-electron chi connectivity index (χ3n) is 4.18. The molecule has 0 aliphatic carbocycles. The molecule has 132 valence electrons. The van der Waals surface area contributed by atoms with Crippen LogP contribution in [0.1, 0.15) is 82.3 Å². The van der Waals surface area contributed by atoms with Crippen molar-refractivity contribution in [3.63, 3.8) is 0 Å². The average Bonchev–Trinajstić information content (AvgIpc) is 2.49. The standard InChI is InChI=1S/C19H31ClO2S/c1-2-3-4-5-6-7-8-9-10-11-12-18-13-15-19(16-14-18)17-23(20,21)22/h13-16H,2-12,17H2,1H3. The number of hydrogen-bond acceptors (Lipinski definition) is 2. The molecule has 1 aromatic rings. The summed E-state index contributed by atoms with van der Waals surface area (Å²) in [6.07, 6.45) is 14.5. The molecule has 0 radical (unpaired) electrons. The van der Waals surface area contributed by atoms with Gasteiger partial charge in [0.1, 0.15) is 0 Å². The predicted molar refractivity (Wildman–Crippen MR) is 100 cm³/mol. The molecule has 0 saturated heterocycles. The highest BCUT2D eigenvalue weighted by molar-refractivity contribution is 8.13. The lowest BCUT2D eigenvalue weighted by Crippen LogP contribution is -1.95. The summed E-state index contributed by atoms with van der Waals surface area (Å²) in [6, 6.07) is 7.77. The van der Waals surface area contributed by atoms with E-state index in [0.29, 0.717) is 0 Å². The maximum atomic E-state index is 11.0. The zero-order valence-electron chi connectivity index (χ0n) is 14.4. The van der Waals surface area contributed by atoms with E-state index < -0.39 is 9.05 Å². The third kappa shape index (κ3) is 11.6. The van der Waals surface area contributed by atoms with Crippen molar-refractivity contribution < 1.29 is 8.42 Å². The molecular weight excluding hydrogens is 328 g/mol. The summed E-state index contributed by atoms with van der Waals surface area (Å²) in [7, 11) is 1.80. The minimum Gasteiger partial charge on any atom is -0.212 e. The average molecular weight is 359 g/mol. The molecule has 4 heteroatoms. The Morgan fingerprint density at radius 2 is 1.17 bits per heavy atom. The van der Waals surface area contributed by atoms with E-state index in [1.165, 1.54) is 69.8 Å². The molecule has 0 N–H and O–H groups in total. The van der Waals surface area contributed by atoms with Crippen molar-refractivity contribution >= 4 is 19.7 Å². The molecule has 0 unspecified atom stereocenters. The van der Waals surface area contributed by atoms with Crippen LogP contribution in [-0.4, -0.2) is 8.42 Å². The molecule has 0 heterocycles. The Hall–Kier alpha value is -0.540. The van der Waals surface area contributed by atoms with Gasteiger partial charge in [0, 0.05) is 10.7 Å². The largest absolute Gasteiger partial charge is 0.236 e. The fraction of sp³-hybridized carbons (Fsp3) is 0.684. The Kier molecular flexibility index (Phi) is 10.6. The maximum Gasteiger partial charge on any atom is 0.236 e. The van der Waals surface area contributed by atoms with E-state index >= 15 is 0 Å². The lowest BCUT2D eigenvalue weighted by molar-refractivity contribution is 0.556. The van der Waals surface area contributed by atoms with Crippen LogP contribution in [0.25, 0.3) is 0 Å². The molecule has 0 aliphatic rings. The first-order valence-corrected chi connectivity index (χ1v) is 11.5. The molecule has 1 rings (SSSR count). The van der Waals surface area contributed by atoms with Crippen LogP contribution in [0.4, 0.5) is 0 Å². The van der Waals surface area contributed by atoms with Crippen molar-refractivity contribution in [2.45, 2.75) is 83.3 Å². The second kappa shape index (κ2) is 11.9. The van der Waals surface area contributed by atoms with Crippen LogP contribution in [0.5, 0.6) is 0 Å². The Labute approximate surface area is 147 Å². The van der Waals surface area contributed by atoms with Crippen molar-refractivity contribution in [2.75, 3.05) is 0 Å². The lowest BCUT2D eigenvalue weighted by atomic mass is 10.0. The number of rotatable bonds is 13. The first-order chi connectivity index (χ1) is 11.0. The quantitative estimate of drug-likeness (QED) is 0.310. The van der Waals surface area contributed by atoms with Gasteiger partial charge in [0.25, 0.3) is 0 Å². The van der Waals surface area contributed by atoms with Crippen molar-refractivity contribution in [2.24, 2.45) is 0 Å². The first kappa shape index (κ1) is 20.5. The second-order valence-electron chi connectivity index (χ2n) is 6.43. The van der Waals surface area contributed by atoms with E-state index in [2.05, 4.69) is 6.92 Å². The number of hydrogen-bond donors (Lipinski definition) is 0. The van der Waals surface area contributed by atoms with Crippen LogP contribution in [0, 0.1) is 0 Å². The monoisotopic (exact) mass is 358 g/mol. The summed E-state index contributed by atoms with van der Waals surface area (Å²) in [5, 5.41) is 0. The highest BCUT2D eigenvalue weighted by Gasteiger charge is 2.06. The molecular formula is C19H31ClO2S. The molecule has 0 atom stereocenters. The molecule has 0 bridgehead atoms. The summed E-state index contributed by atoms with van der Waals surface area (Å²) in [4.78, 5) is 0. The van der Waals surface area contributed by atoms with Gasteiger partial charge in [-0.2, -0.15) is 0 Å². The van der Waals surface area contributed by atoms with E-state index in [1.807, 2.05) is 24.3 Å². The first-order valence-electron chi connectivity index (χ1n) is 9.01. The predicted octanol–water partition coefficient (Wildman–Crippen LogP) is 6.22. The Morgan fingerprint density at radius 3 is 1.65 bits per heavy atom. The van der Waals surface area contributed by atoms with E-state index in [-0.39, 0.29) is 5.75 Å². The van der Waals surface area contributed by atoms with Crippen molar-refractivity contribution in [3.05, 3.63) is 35.4 Å². The topological polar surface area (TPSA) is 34.1 Å². The summed E-state index contributed by atoms with van der Waals surface area (Å²) in [6.45, 7) is 2.26. The molecule has 0 aliphatic heterocycles. The van der Waals surface area contributed by atoms with Crippen LogP contribution in [-0.2, 0) is 21.2 Å². The molecule has 2 nitrogen and oxygen atoms in total. The number of aryl methyl sites for hydroxylation is 1. The number of halogens is 1. The summed E-state index contributed by atoms with van der Waals surface area (Å²) in [5.74, 6) is -0.0902. The van der Waals surface area contributed by atoms with Gasteiger partial charge in [0.15, 0.2) is 0 Å². The zero-order chi connectivity index (χ0) is 17.0. The Bertz CT molecular complexity index is 509. The van der Waals surface area contributed by atoms with E-state index in [1.54, 1.807) is 0 Å². The lowest BCUT2D eigenvalue weighted by Gasteiger charge is -2.04. The molecule has 0 fully saturated rings. The summed E-state index contributed by atoms with van der Waals surface area (Å²) >= 11 is 0. The fourth-order valence-corrected chi connectivity index (χ4v) is 3.79. The minimum absolute atomic E-state index is 0.0902. The normalized spacial score (nSPS) is 11.7. The maximum absolute atomic E-state index is 11.0. The van der Waals surface area contributed by atoms with Crippen LogP contribution >= 0.6 is 10.7 Å². The minimum atomic E-state index is -3.46. The SMILES string of the molecule is CCCCCCCCCCCCc1ccc(CS(=O)(=O)Cl)cc1. The van der Waals surface area contributed by atoms with Crippen LogP contribution < -0.4 is 0 Å². The smallest absolute Gasteiger partial charge is 0.212 e. The molecule has 0 spiro atoms. The summed E-state index contributed by atoms with van der Waals surface area (Å²) < 4.78 is 22.0. The molecule has 23 heavy (non-hydrogen) atoms. The van der Waals surface area contributed by atoms with Crippen molar-refractivity contribution in [3.8, 4) is 0 Å². The van der Waals surface area contributed by atoms with E-state index in [4.69, 9.17) is 10.7 Å². The van der Waals surface area contributed by atoms with Gasteiger partial charge < -0.3 is 0 Å². The van der Waals surface area contributed by atoms with Crippen molar-refractivity contribution in [1.82, 2.24) is 0 Å².